The Balaban J connectivity index is 1.91. The average Bonchev–Trinajstić information content (AvgIpc) is 2.89. The summed E-state index contributed by atoms with van der Waals surface area (Å²) < 4.78 is 31.7. The van der Waals surface area contributed by atoms with Crippen molar-refractivity contribution in [3.63, 3.8) is 0 Å². The molecule has 1 aliphatic rings. The topological polar surface area (TPSA) is 195 Å². The van der Waals surface area contributed by atoms with Gasteiger partial charge in [-0.2, -0.15) is 0 Å². The molecule has 2 aromatic carbocycles. The molecule has 2 heterocycles. The third-order valence-corrected chi connectivity index (χ3v) is 5.82. The second kappa shape index (κ2) is 10.1. The molecule has 13 nitrogen and oxygen atoms in total. The molecule has 0 saturated carbocycles. The quantitative estimate of drug-likeness (QED) is 0.278. The maximum Gasteiger partial charge on any atom is 0.337 e. The molecule has 0 bridgehead atoms. The molecule has 5 N–H and O–H groups in total. The van der Waals surface area contributed by atoms with Gasteiger partial charge in [-0.05, 0) is 18.2 Å². The first kappa shape index (κ1) is 26.0. The van der Waals surface area contributed by atoms with Crippen molar-refractivity contribution in [2.75, 3.05) is 21.3 Å². The predicted octanol–water partition coefficient (Wildman–Crippen LogP) is 0.248. The Morgan fingerprint density at radius 1 is 0.919 bits per heavy atom. The van der Waals surface area contributed by atoms with Crippen LogP contribution in [0.3, 0.4) is 0 Å². The number of phenols is 2. The number of benzene rings is 2. The first-order chi connectivity index (χ1) is 17.6. The summed E-state index contributed by atoms with van der Waals surface area (Å²) in [6.45, 7) is 0. The van der Waals surface area contributed by atoms with Gasteiger partial charge in [-0.25, -0.2) is 4.79 Å². The summed E-state index contributed by atoms with van der Waals surface area (Å²) in [7, 11) is 3.68. The van der Waals surface area contributed by atoms with Crippen LogP contribution in [0.1, 0.15) is 0 Å². The van der Waals surface area contributed by atoms with E-state index in [2.05, 4.69) is 4.74 Å². The number of hydrogen-bond acceptors (Lipinski definition) is 13. The van der Waals surface area contributed by atoms with Crippen LogP contribution in [0.4, 0.5) is 0 Å². The average molecular weight is 520 g/mol. The number of aliphatic hydroxyl groups is 3. The molecule has 0 spiro atoms. The number of ether oxygens (including phenoxy) is 5. The van der Waals surface area contributed by atoms with E-state index in [0.717, 1.165) is 7.11 Å². The largest absolute Gasteiger partial charge is 0.507 e. The van der Waals surface area contributed by atoms with E-state index in [4.69, 9.17) is 23.4 Å². The molecular formula is C24H24O13. The normalized spacial score (nSPS) is 23.5. The molecule has 0 amide bonds. The van der Waals surface area contributed by atoms with E-state index in [1.807, 2.05) is 0 Å². The number of aromatic hydroxyl groups is 2. The summed E-state index contributed by atoms with van der Waals surface area (Å²) in [4.78, 5) is 25.6. The summed E-state index contributed by atoms with van der Waals surface area (Å²) in [5, 5.41) is 51.1. The number of fused-ring (bicyclic) bond motifs is 1. The van der Waals surface area contributed by atoms with Crippen LogP contribution in [0, 0.1) is 0 Å². The van der Waals surface area contributed by atoms with E-state index in [1.54, 1.807) is 0 Å². The highest BCUT2D eigenvalue weighted by atomic mass is 16.7. The monoisotopic (exact) mass is 520 g/mol. The molecule has 0 radical (unpaired) electrons. The third kappa shape index (κ3) is 4.60. The Morgan fingerprint density at radius 3 is 2.30 bits per heavy atom. The van der Waals surface area contributed by atoms with Gasteiger partial charge in [0.1, 0.15) is 40.8 Å². The van der Waals surface area contributed by atoms with E-state index in [1.165, 1.54) is 44.6 Å². The summed E-state index contributed by atoms with van der Waals surface area (Å²) in [6.07, 6.45) is -9.30. The SMILES string of the molecule is COC(=O)[C@H]1O[C@@H](Oc2c(-c3ccc(O)c(OC)c3)oc3cc(OC)cc(O)c3c2=O)[C@H](O)[C@@H](O)[C@@H]1O. The molecule has 0 unspecified atom stereocenters. The molecule has 37 heavy (non-hydrogen) atoms. The van der Waals surface area contributed by atoms with Gasteiger partial charge >= 0.3 is 5.97 Å². The van der Waals surface area contributed by atoms with Gasteiger partial charge in [0.2, 0.25) is 17.5 Å². The summed E-state index contributed by atoms with van der Waals surface area (Å²) in [6, 6.07) is 6.50. The minimum absolute atomic E-state index is 0.0259. The molecule has 1 fully saturated rings. The highest BCUT2D eigenvalue weighted by molar-refractivity contribution is 5.88. The first-order valence-corrected chi connectivity index (χ1v) is 10.8. The second-order valence-electron chi connectivity index (χ2n) is 8.03. The van der Waals surface area contributed by atoms with Gasteiger partial charge in [0, 0.05) is 17.7 Å². The van der Waals surface area contributed by atoms with Crippen LogP contribution >= 0.6 is 0 Å². The molecule has 198 valence electrons. The van der Waals surface area contributed by atoms with Crippen LogP contribution in [-0.2, 0) is 14.3 Å². The van der Waals surface area contributed by atoms with Gasteiger partial charge in [-0.15, -0.1) is 0 Å². The van der Waals surface area contributed by atoms with Crippen LogP contribution in [0.2, 0.25) is 0 Å². The van der Waals surface area contributed by atoms with Crippen LogP contribution in [0.25, 0.3) is 22.3 Å². The Kier molecular flexibility index (Phi) is 7.14. The van der Waals surface area contributed by atoms with Crippen molar-refractivity contribution in [3.05, 3.63) is 40.6 Å². The Bertz CT molecular complexity index is 1380. The van der Waals surface area contributed by atoms with Gasteiger partial charge in [-0.1, -0.05) is 0 Å². The number of esters is 1. The van der Waals surface area contributed by atoms with E-state index >= 15 is 0 Å². The minimum atomic E-state index is -1.92. The summed E-state index contributed by atoms with van der Waals surface area (Å²) in [5.41, 5.74) is -0.833. The van der Waals surface area contributed by atoms with Crippen LogP contribution in [0.5, 0.6) is 28.7 Å². The van der Waals surface area contributed by atoms with Crippen molar-refractivity contribution in [1.29, 1.82) is 0 Å². The first-order valence-electron chi connectivity index (χ1n) is 10.8. The fourth-order valence-corrected chi connectivity index (χ4v) is 3.86. The van der Waals surface area contributed by atoms with Gasteiger partial charge in [-0.3, -0.25) is 4.79 Å². The van der Waals surface area contributed by atoms with Crippen LogP contribution in [0.15, 0.2) is 39.5 Å². The summed E-state index contributed by atoms with van der Waals surface area (Å²) >= 11 is 0. The predicted molar refractivity (Wildman–Crippen MR) is 124 cm³/mol. The molecule has 0 aliphatic carbocycles. The smallest absolute Gasteiger partial charge is 0.337 e. The lowest BCUT2D eigenvalue weighted by Gasteiger charge is -2.38. The lowest BCUT2D eigenvalue weighted by molar-refractivity contribution is -0.272. The lowest BCUT2D eigenvalue weighted by Crippen LogP contribution is -2.61. The van der Waals surface area contributed by atoms with Gasteiger partial charge in [0.05, 0.1) is 21.3 Å². The Hall–Kier alpha value is -4.04. The molecule has 4 rings (SSSR count). The molecule has 1 aliphatic heterocycles. The van der Waals surface area contributed by atoms with Crippen molar-refractivity contribution >= 4 is 16.9 Å². The number of phenolic OH excluding ortho intramolecular Hbond substituents is 2. The lowest BCUT2D eigenvalue weighted by atomic mass is 9.99. The van der Waals surface area contributed by atoms with Crippen molar-refractivity contribution < 1.29 is 58.4 Å². The van der Waals surface area contributed by atoms with Gasteiger partial charge in [0.25, 0.3) is 0 Å². The Morgan fingerprint density at radius 2 is 1.65 bits per heavy atom. The number of methoxy groups -OCH3 is 3. The zero-order valence-electron chi connectivity index (χ0n) is 19.8. The molecule has 3 aromatic rings. The van der Waals surface area contributed by atoms with Crippen molar-refractivity contribution in [2.24, 2.45) is 0 Å². The number of carbonyl (C=O) groups is 1. The highest BCUT2D eigenvalue weighted by Crippen LogP contribution is 2.39. The van der Waals surface area contributed by atoms with E-state index in [9.17, 15) is 35.1 Å². The van der Waals surface area contributed by atoms with E-state index in [0.29, 0.717) is 0 Å². The zero-order valence-corrected chi connectivity index (χ0v) is 19.8. The molecular weight excluding hydrogens is 496 g/mol. The van der Waals surface area contributed by atoms with Gasteiger partial charge < -0.3 is 53.6 Å². The van der Waals surface area contributed by atoms with Crippen molar-refractivity contribution in [2.45, 2.75) is 30.7 Å². The van der Waals surface area contributed by atoms with Gasteiger partial charge in [0.15, 0.2) is 23.4 Å². The molecule has 13 heteroatoms. The fourth-order valence-electron chi connectivity index (χ4n) is 3.86. The van der Waals surface area contributed by atoms with Crippen LogP contribution < -0.4 is 19.6 Å². The maximum absolute atomic E-state index is 13.6. The van der Waals surface area contributed by atoms with Crippen LogP contribution in [-0.4, -0.2) is 83.5 Å². The molecule has 5 atom stereocenters. The van der Waals surface area contributed by atoms with Crippen molar-refractivity contribution in [1.82, 2.24) is 0 Å². The van der Waals surface area contributed by atoms with Crippen molar-refractivity contribution in [3.8, 4) is 40.1 Å². The third-order valence-electron chi connectivity index (χ3n) is 5.82. The zero-order chi connectivity index (χ0) is 27.0. The number of hydrogen-bond donors (Lipinski definition) is 5. The van der Waals surface area contributed by atoms with E-state index < -0.39 is 53.6 Å². The highest BCUT2D eigenvalue weighted by Gasteiger charge is 2.49. The molecule has 1 aromatic heterocycles. The number of aliphatic hydroxyl groups excluding tert-OH is 3. The second-order valence-corrected chi connectivity index (χ2v) is 8.03. The minimum Gasteiger partial charge on any atom is -0.507 e. The number of carbonyl (C=O) groups excluding carboxylic acids is 1. The molecule has 1 saturated heterocycles. The fraction of sp³-hybridized carbons (Fsp3) is 0.333. The van der Waals surface area contributed by atoms with E-state index in [-0.39, 0.29) is 39.5 Å². The standard InChI is InChI=1S/C24H24O13/c1-32-10-7-12(26)15-14(8-10)35-20(9-4-5-11(25)13(6-9)33-2)21(16(15)27)36-24-19(30)17(28)18(29)22(37-24)23(31)34-3/h4-8,17-19,22,24-26,28-30H,1-3H3/t17-,18-,19+,22-,24+/m0/s1. The summed E-state index contributed by atoms with van der Waals surface area (Å²) in [5.74, 6) is -2.40. The number of rotatable bonds is 6. The Labute approximate surface area is 208 Å². The maximum atomic E-state index is 13.6.